The number of hydrogen-bond donors (Lipinski definition) is 1. The summed E-state index contributed by atoms with van der Waals surface area (Å²) in [6.07, 6.45) is 3.95. The second-order valence-corrected chi connectivity index (χ2v) is 6.92. The van der Waals surface area contributed by atoms with Crippen molar-refractivity contribution in [3.8, 4) is 0 Å². The molecule has 1 fully saturated rings. The predicted octanol–water partition coefficient (Wildman–Crippen LogP) is 3.38. The van der Waals surface area contributed by atoms with E-state index in [4.69, 9.17) is 4.42 Å². The number of nitrogens with one attached hydrogen (secondary N) is 1. The van der Waals surface area contributed by atoms with Crippen LogP contribution < -0.4 is 0 Å². The fraction of sp³-hybridized carbons (Fsp3) is 0.421. The number of hydrogen-bond acceptors (Lipinski definition) is 4. The molecule has 25 heavy (non-hydrogen) atoms. The quantitative estimate of drug-likeness (QED) is 0.794. The number of amides is 1. The smallest absolute Gasteiger partial charge is 0.227 e. The number of aryl methyl sites for hydroxylation is 3. The monoisotopic (exact) mass is 338 g/mol. The van der Waals surface area contributed by atoms with E-state index in [0.717, 1.165) is 52.9 Å². The Morgan fingerprint density at radius 2 is 2.20 bits per heavy atom. The van der Waals surface area contributed by atoms with E-state index in [0.29, 0.717) is 12.2 Å². The fourth-order valence-corrected chi connectivity index (χ4v) is 3.86. The Kier molecular flexibility index (Phi) is 3.82. The van der Waals surface area contributed by atoms with Gasteiger partial charge in [0.15, 0.2) is 5.82 Å². The van der Waals surface area contributed by atoms with Crippen molar-refractivity contribution < 1.29 is 9.21 Å². The van der Waals surface area contributed by atoms with Gasteiger partial charge in [0.2, 0.25) is 5.91 Å². The molecule has 2 aromatic heterocycles. The molecule has 0 unspecified atom stereocenters. The van der Waals surface area contributed by atoms with E-state index >= 15 is 0 Å². The van der Waals surface area contributed by atoms with Gasteiger partial charge in [-0.25, -0.2) is 4.98 Å². The summed E-state index contributed by atoms with van der Waals surface area (Å²) in [6.45, 7) is 6.74. The lowest BCUT2D eigenvalue weighted by molar-refractivity contribution is -0.131. The van der Waals surface area contributed by atoms with Crippen molar-refractivity contribution >= 4 is 16.9 Å². The van der Waals surface area contributed by atoms with Gasteiger partial charge < -0.3 is 9.32 Å². The highest BCUT2D eigenvalue weighted by Gasteiger charge is 2.32. The lowest BCUT2D eigenvalue weighted by Crippen LogP contribution is -2.32. The molecule has 3 heterocycles. The van der Waals surface area contributed by atoms with Crippen LogP contribution in [0.4, 0.5) is 0 Å². The summed E-state index contributed by atoms with van der Waals surface area (Å²) >= 11 is 0. The molecule has 1 aliphatic heterocycles. The van der Waals surface area contributed by atoms with Crippen LogP contribution in [0.5, 0.6) is 0 Å². The number of aromatic nitrogens is 3. The summed E-state index contributed by atoms with van der Waals surface area (Å²) in [6, 6.07) is 4.12. The third-order valence-corrected chi connectivity index (χ3v) is 4.92. The topological polar surface area (TPSA) is 75.0 Å². The first-order chi connectivity index (χ1) is 12.0. The Morgan fingerprint density at radius 1 is 1.36 bits per heavy atom. The minimum atomic E-state index is -0.0287. The van der Waals surface area contributed by atoms with Crippen molar-refractivity contribution in [2.24, 2.45) is 0 Å². The third kappa shape index (κ3) is 2.81. The van der Waals surface area contributed by atoms with Crippen LogP contribution in [0.1, 0.15) is 47.2 Å². The highest BCUT2D eigenvalue weighted by atomic mass is 16.3. The van der Waals surface area contributed by atoms with E-state index < -0.39 is 0 Å². The van der Waals surface area contributed by atoms with Gasteiger partial charge in [-0.2, -0.15) is 5.10 Å². The van der Waals surface area contributed by atoms with Crippen LogP contribution in [0.15, 0.2) is 22.8 Å². The lowest BCUT2D eigenvalue weighted by atomic mass is 10.0. The van der Waals surface area contributed by atoms with E-state index in [1.54, 1.807) is 6.26 Å². The van der Waals surface area contributed by atoms with Crippen molar-refractivity contribution in [1.82, 2.24) is 20.1 Å². The first kappa shape index (κ1) is 15.9. The van der Waals surface area contributed by atoms with Crippen LogP contribution in [0.25, 0.3) is 11.0 Å². The fourth-order valence-electron chi connectivity index (χ4n) is 3.86. The predicted molar refractivity (Wildman–Crippen MR) is 94.2 cm³/mol. The molecule has 1 N–H and O–H groups in total. The van der Waals surface area contributed by atoms with E-state index in [1.165, 1.54) is 0 Å². The Morgan fingerprint density at radius 3 is 2.96 bits per heavy atom. The molecule has 1 atom stereocenters. The minimum Gasteiger partial charge on any atom is -0.464 e. The van der Waals surface area contributed by atoms with Crippen LogP contribution in [0.2, 0.25) is 0 Å². The normalized spacial score (nSPS) is 17.6. The molecular formula is C19H22N4O2. The molecule has 6 nitrogen and oxygen atoms in total. The Bertz CT molecular complexity index is 940. The van der Waals surface area contributed by atoms with Crippen molar-refractivity contribution in [2.45, 2.75) is 46.1 Å². The largest absolute Gasteiger partial charge is 0.464 e. The molecule has 0 bridgehead atoms. The zero-order chi connectivity index (χ0) is 17.6. The molecule has 1 saturated heterocycles. The first-order valence-corrected chi connectivity index (χ1v) is 8.68. The average molecular weight is 338 g/mol. The zero-order valence-corrected chi connectivity index (χ0v) is 14.8. The van der Waals surface area contributed by atoms with Gasteiger partial charge >= 0.3 is 0 Å². The molecule has 1 aliphatic rings. The molecular weight excluding hydrogens is 316 g/mol. The van der Waals surface area contributed by atoms with E-state index in [9.17, 15) is 4.79 Å². The second-order valence-electron chi connectivity index (χ2n) is 6.92. The molecule has 0 spiro atoms. The van der Waals surface area contributed by atoms with Crippen molar-refractivity contribution in [3.63, 3.8) is 0 Å². The number of aromatic amines is 1. The number of benzene rings is 1. The van der Waals surface area contributed by atoms with Gasteiger partial charge in [-0.1, -0.05) is 6.07 Å². The molecule has 1 amide bonds. The summed E-state index contributed by atoms with van der Waals surface area (Å²) in [7, 11) is 0. The van der Waals surface area contributed by atoms with Gasteiger partial charge in [0.1, 0.15) is 11.4 Å². The zero-order valence-electron chi connectivity index (χ0n) is 14.8. The summed E-state index contributed by atoms with van der Waals surface area (Å²) in [5.41, 5.74) is 4.11. The highest BCUT2D eigenvalue weighted by molar-refractivity contribution is 5.90. The number of likely N-dealkylation sites (tertiary alicyclic amines) is 1. The Hall–Kier alpha value is -2.63. The Balaban J connectivity index is 1.60. The maximum Gasteiger partial charge on any atom is 0.227 e. The summed E-state index contributed by atoms with van der Waals surface area (Å²) in [5.74, 6) is 1.60. The highest BCUT2D eigenvalue weighted by Crippen LogP contribution is 2.32. The average Bonchev–Trinajstić information content (AvgIpc) is 3.26. The first-order valence-electron chi connectivity index (χ1n) is 8.68. The van der Waals surface area contributed by atoms with Crippen LogP contribution in [0.3, 0.4) is 0 Å². The van der Waals surface area contributed by atoms with Gasteiger partial charge in [0.05, 0.1) is 18.7 Å². The van der Waals surface area contributed by atoms with Crippen LogP contribution in [0, 0.1) is 20.8 Å². The Labute approximate surface area is 146 Å². The van der Waals surface area contributed by atoms with Crippen molar-refractivity contribution in [2.75, 3.05) is 6.54 Å². The summed E-state index contributed by atoms with van der Waals surface area (Å²) in [4.78, 5) is 19.3. The standard InChI is InChI=1S/C19H22N4O2/c1-11-7-12(2)18-14(10-25-16(18)8-11)9-17(24)23-6-4-5-15(23)19-20-13(3)21-22-19/h7-8,10,15H,4-6,9H2,1-3H3,(H,20,21,22)/t15-/m1/s1. The van der Waals surface area contributed by atoms with E-state index in [-0.39, 0.29) is 11.9 Å². The number of furan rings is 1. The van der Waals surface area contributed by atoms with Crippen LogP contribution in [-0.2, 0) is 11.2 Å². The molecule has 0 radical (unpaired) electrons. The number of carbonyl (C=O) groups is 1. The summed E-state index contributed by atoms with van der Waals surface area (Å²) < 4.78 is 5.69. The minimum absolute atomic E-state index is 0.0287. The second kappa shape index (κ2) is 6.02. The molecule has 4 rings (SSSR count). The number of H-pyrrole nitrogens is 1. The lowest BCUT2D eigenvalue weighted by Gasteiger charge is -2.22. The molecule has 0 saturated carbocycles. The number of nitrogens with zero attached hydrogens (tertiary/aromatic N) is 3. The number of fused-ring (bicyclic) bond motifs is 1. The number of rotatable bonds is 3. The maximum absolute atomic E-state index is 12.9. The van der Waals surface area contributed by atoms with Gasteiger partial charge in [0.25, 0.3) is 0 Å². The van der Waals surface area contributed by atoms with Crippen LogP contribution >= 0.6 is 0 Å². The molecule has 130 valence electrons. The van der Waals surface area contributed by atoms with Crippen molar-refractivity contribution in [3.05, 3.63) is 46.7 Å². The molecule has 1 aromatic carbocycles. The van der Waals surface area contributed by atoms with Gasteiger partial charge in [0, 0.05) is 17.5 Å². The van der Waals surface area contributed by atoms with Gasteiger partial charge in [-0.3, -0.25) is 9.89 Å². The van der Waals surface area contributed by atoms with E-state index in [2.05, 4.69) is 28.2 Å². The van der Waals surface area contributed by atoms with Gasteiger partial charge in [-0.05, 0) is 50.8 Å². The summed E-state index contributed by atoms with van der Waals surface area (Å²) in [5, 5.41) is 8.18. The van der Waals surface area contributed by atoms with Crippen molar-refractivity contribution in [1.29, 1.82) is 0 Å². The number of carbonyl (C=O) groups excluding carboxylic acids is 1. The van der Waals surface area contributed by atoms with Crippen LogP contribution in [-0.4, -0.2) is 32.5 Å². The van der Waals surface area contributed by atoms with Gasteiger partial charge in [-0.15, -0.1) is 0 Å². The maximum atomic E-state index is 12.9. The van der Waals surface area contributed by atoms with E-state index in [1.807, 2.05) is 24.8 Å². The molecule has 0 aliphatic carbocycles. The SMILES string of the molecule is Cc1cc(C)c2c(CC(=O)N3CCC[C@@H]3c3n[nH]c(C)n3)coc2c1. The molecule has 6 heteroatoms. The third-order valence-electron chi connectivity index (χ3n) is 4.92. The molecule has 3 aromatic rings.